The second-order valence-corrected chi connectivity index (χ2v) is 13.0. The number of hydrogen-bond donors (Lipinski definition) is 3. The molecule has 30 heavy (non-hydrogen) atoms. The van der Waals surface area contributed by atoms with Crippen LogP contribution in [0.1, 0.15) is 111 Å². The van der Waals surface area contributed by atoms with Crippen LogP contribution in [-0.4, -0.2) is 33.1 Å². The molecule has 0 radical (unpaired) electrons. The smallest absolute Gasteiger partial charge is 0.0641 e. The van der Waals surface area contributed by atoms with Crippen LogP contribution in [0.4, 0.5) is 0 Å². The fourth-order valence-corrected chi connectivity index (χ4v) is 9.11. The quantitative estimate of drug-likeness (QED) is 0.516. The van der Waals surface area contributed by atoms with Crippen molar-refractivity contribution in [2.45, 2.75) is 122 Å². The Morgan fingerprint density at radius 2 is 1.60 bits per heavy atom. The molecule has 0 aromatic rings. The molecule has 0 aromatic carbocycles. The van der Waals surface area contributed by atoms with Crippen molar-refractivity contribution in [1.29, 1.82) is 0 Å². The Morgan fingerprint density at radius 1 is 0.867 bits per heavy atom. The summed E-state index contributed by atoms with van der Waals surface area (Å²) in [6.45, 7) is 9.22. The molecule has 3 nitrogen and oxygen atoms in total. The zero-order valence-electron chi connectivity index (χ0n) is 20.1. The third-order valence-corrected chi connectivity index (χ3v) is 11.1. The molecule has 5 unspecified atom stereocenters. The number of aliphatic hydroxyl groups excluding tert-OH is 1. The standard InChI is InChI=1S/C27H48O3/c1-24(29,16-17-28)12-5-6-19-8-10-22-21-9-7-20-18-25(2,30)14-15-27(20,4)23(21)11-13-26(19,22)3/h19-23,28-30H,5-18H2,1-4H3/t19?,20?,21-,22?,23?,24+,25-,26?,27-/m0/s1. The van der Waals surface area contributed by atoms with Crippen LogP contribution in [-0.2, 0) is 0 Å². The van der Waals surface area contributed by atoms with Crippen LogP contribution in [0.3, 0.4) is 0 Å². The van der Waals surface area contributed by atoms with Crippen molar-refractivity contribution in [3.8, 4) is 0 Å². The molecule has 3 heteroatoms. The summed E-state index contributed by atoms with van der Waals surface area (Å²) < 4.78 is 0. The van der Waals surface area contributed by atoms with Crippen LogP contribution < -0.4 is 0 Å². The molecule has 4 aliphatic rings. The normalized spacial score (nSPS) is 50.3. The minimum absolute atomic E-state index is 0.0779. The maximum atomic E-state index is 10.7. The van der Waals surface area contributed by atoms with Gasteiger partial charge in [0.05, 0.1) is 11.2 Å². The van der Waals surface area contributed by atoms with Gasteiger partial charge in [0.15, 0.2) is 0 Å². The lowest BCUT2D eigenvalue weighted by molar-refractivity contribution is -0.146. The average Bonchev–Trinajstić information content (AvgIpc) is 2.99. The summed E-state index contributed by atoms with van der Waals surface area (Å²) in [5.74, 6) is 4.19. The predicted octanol–water partition coefficient (Wildman–Crippen LogP) is 5.70. The molecule has 4 saturated carbocycles. The zero-order chi connectivity index (χ0) is 21.8. The molecule has 4 aliphatic carbocycles. The van der Waals surface area contributed by atoms with Crippen molar-refractivity contribution in [1.82, 2.24) is 0 Å². The van der Waals surface area contributed by atoms with Gasteiger partial charge in [-0.2, -0.15) is 0 Å². The van der Waals surface area contributed by atoms with Crippen LogP contribution >= 0.6 is 0 Å². The van der Waals surface area contributed by atoms with Gasteiger partial charge in [-0.3, -0.25) is 0 Å². The Hall–Kier alpha value is -0.120. The predicted molar refractivity (Wildman–Crippen MR) is 122 cm³/mol. The molecule has 174 valence electrons. The largest absolute Gasteiger partial charge is 0.396 e. The first-order valence-electron chi connectivity index (χ1n) is 13.1. The SMILES string of the molecule is CC12CCC3[C@@H](CCC4C[C@@](C)(O)CC[C@@]43C)C1CCC2CCC[C@@](C)(O)CCO. The lowest BCUT2D eigenvalue weighted by Gasteiger charge is -2.62. The molecule has 0 heterocycles. The summed E-state index contributed by atoms with van der Waals surface area (Å²) in [5.41, 5.74) is -0.197. The highest BCUT2D eigenvalue weighted by atomic mass is 16.3. The van der Waals surface area contributed by atoms with E-state index in [0.29, 0.717) is 17.3 Å². The van der Waals surface area contributed by atoms with E-state index in [9.17, 15) is 15.3 Å². The fourth-order valence-electron chi connectivity index (χ4n) is 9.11. The molecule has 4 fully saturated rings. The van der Waals surface area contributed by atoms with E-state index in [1.54, 1.807) is 0 Å². The monoisotopic (exact) mass is 420 g/mol. The third-order valence-electron chi connectivity index (χ3n) is 11.1. The second-order valence-electron chi connectivity index (χ2n) is 13.0. The van der Waals surface area contributed by atoms with Crippen molar-refractivity contribution in [2.75, 3.05) is 6.61 Å². The molecule has 0 aliphatic heterocycles. The molecule has 0 spiro atoms. The van der Waals surface area contributed by atoms with Gasteiger partial charge in [0, 0.05) is 6.61 Å². The van der Waals surface area contributed by atoms with E-state index in [1.807, 2.05) is 6.92 Å². The van der Waals surface area contributed by atoms with Gasteiger partial charge in [0.1, 0.15) is 0 Å². The molecule has 4 rings (SSSR count). The van der Waals surface area contributed by atoms with Crippen molar-refractivity contribution >= 4 is 0 Å². The summed E-state index contributed by atoms with van der Waals surface area (Å²) in [4.78, 5) is 0. The topological polar surface area (TPSA) is 60.7 Å². The van der Waals surface area contributed by atoms with E-state index >= 15 is 0 Å². The van der Waals surface area contributed by atoms with Crippen LogP contribution in [0.25, 0.3) is 0 Å². The van der Waals surface area contributed by atoms with Crippen LogP contribution in [0.2, 0.25) is 0 Å². The van der Waals surface area contributed by atoms with Gasteiger partial charge in [-0.25, -0.2) is 0 Å². The number of rotatable bonds is 6. The maximum absolute atomic E-state index is 10.7. The Balaban J connectivity index is 1.41. The lowest BCUT2D eigenvalue weighted by Crippen LogP contribution is -2.55. The minimum Gasteiger partial charge on any atom is -0.396 e. The summed E-state index contributed by atoms with van der Waals surface area (Å²) in [5, 5.41) is 30.3. The molecule has 0 bridgehead atoms. The molecule has 9 atom stereocenters. The van der Waals surface area contributed by atoms with Gasteiger partial charge in [-0.1, -0.05) is 20.3 Å². The van der Waals surface area contributed by atoms with Crippen LogP contribution in [0.5, 0.6) is 0 Å². The Morgan fingerprint density at radius 3 is 2.33 bits per heavy atom. The Labute approximate surface area is 185 Å². The summed E-state index contributed by atoms with van der Waals surface area (Å²) in [6.07, 6.45) is 15.2. The van der Waals surface area contributed by atoms with Gasteiger partial charge in [0.2, 0.25) is 0 Å². The van der Waals surface area contributed by atoms with Crippen molar-refractivity contribution in [3.63, 3.8) is 0 Å². The Bertz CT molecular complexity index is 613. The maximum Gasteiger partial charge on any atom is 0.0641 e. The summed E-state index contributed by atoms with van der Waals surface area (Å²) in [6, 6.07) is 0. The highest BCUT2D eigenvalue weighted by molar-refractivity contribution is 5.10. The van der Waals surface area contributed by atoms with Crippen molar-refractivity contribution < 1.29 is 15.3 Å². The molecule has 0 amide bonds. The summed E-state index contributed by atoms with van der Waals surface area (Å²) >= 11 is 0. The Kier molecular flexibility index (Phi) is 6.17. The summed E-state index contributed by atoms with van der Waals surface area (Å²) in [7, 11) is 0. The number of fused-ring (bicyclic) bond motifs is 5. The van der Waals surface area contributed by atoms with Crippen LogP contribution in [0.15, 0.2) is 0 Å². The van der Waals surface area contributed by atoms with Gasteiger partial charge in [0.25, 0.3) is 0 Å². The van der Waals surface area contributed by atoms with Gasteiger partial charge in [-0.15, -0.1) is 0 Å². The molecule has 0 saturated heterocycles. The van der Waals surface area contributed by atoms with E-state index in [1.165, 1.54) is 51.4 Å². The van der Waals surface area contributed by atoms with E-state index in [0.717, 1.165) is 55.3 Å². The van der Waals surface area contributed by atoms with E-state index in [-0.39, 0.29) is 6.61 Å². The highest BCUT2D eigenvalue weighted by Crippen LogP contribution is 2.68. The highest BCUT2D eigenvalue weighted by Gasteiger charge is 2.60. The first kappa shape index (κ1) is 23.1. The molecule has 0 aromatic heterocycles. The number of aliphatic hydroxyl groups is 3. The molecule has 3 N–H and O–H groups in total. The second kappa shape index (κ2) is 8.03. The van der Waals surface area contributed by atoms with E-state index < -0.39 is 11.2 Å². The lowest BCUT2D eigenvalue weighted by atomic mass is 9.44. The number of hydrogen-bond acceptors (Lipinski definition) is 3. The van der Waals surface area contributed by atoms with Gasteiger partial charge >= 0.3 is 0 Å². The fraction of sp³-hybridized carbons (Fsp3) is 1.00. The van der Waals surface area contributed by atoms with Crippen molar-refractivity contribution in [3.05, 3.63) is 0 Å². The van der Waals surface area contributed by atoms with E-state index in [2.05, 4.69) is 20.8 Å². The zero-order valence-corrected chi connectivity index (χ0v) is 20.1. The molecular weight excluding hydrogens is 372 g/mol. The third kappa shape index (κ3) is 4.01. The van der Waals surface area contributed by atoms with Crippen LogP contribution in [0, 0.1) is 40.4 Å². The van der Waals surface area contributed by atoms with Crippen molar-refractivity contribution in [2.24, 2.45) is 40.4 Å². The molecular formula is C27H48O3. The van der Waals surface area contributed by atoms with Gasteiger partial charge < -0.3 is 15.3 Å². The minimum atomic E-state index is -0.708. The average molecular weight is 421 g/mol. The van der Waals surface area contributed by atoms with E-state index in [4.69, 9.17) is 0 Å². The first-order chi connectivity index (χ1) is 14.0. The van der Waals surface area contributed by atoms with Gasteiger partial charge in [-0.05, 0) is 131 Å². The first-order valence-corrected chi connectivity index (χ1v) is 13.1.